The summed E-state index contributed by atoms with van der Waals surface area (Å²) in [4.78, 5) is 35.8. The third-order valence-corrected chi connectivity index (χ3v) is 8.99. The zero-order valence-electron chi connectivity index (χ0n) is 27.6. The average molecular weight is 596 g/mol. The minimum Gasteiger partial charge on any atom is -0.550 e. The third-order valence-electron chi connectivity index (χ3n) is 8.99. The van der Waals surface area contributed by atoms with Crippen molar-refractivity contribution < 1.29 is 34.2 Å². The van der Waals surface area contributed by atoms with Crippen molar-refractivity contribution in [3.63, 3.8) is 0 Å². The largest absolute Gasteiger partial charge is 0.550 e. The monoisotopic (exact) mass is 595 g/mol. The van der Waals surface area contributed by atoms with E-state index in [9.17, 15) is 29.7 Å². The first-order valence-electron chi connectivity index (χ1n) is 17.3. The molecule has 0 radical (unpaired) electrons. The van der Waals surface area contributed by atoms with Gasteiger partial charge in [0.25, 0.3) is 0 Å². The highest BCUT2D eigenvalue weighted by Crippen LogP contribution is 2.25. The minimum atomic E-state index is -1.14. The lowest BCUT2D eigenvalue weighted by Gasteiger charge is -2.44. The molecule has 0 amide bonds. The van der Waals surface area contributed by atoms with Crippen molar-refractivity contribution in [1.29, 1.82) is 0 Å². The Kier molecular flexibility index (Phi) is 24.4. The van der Waals surface area contributed by atoms with E-state index in [0.29, 0.717) is 25.8 Å². The van der Waals surface area contributed by atoms with Gasteiger partial charge in [0.05, 0.1) is 32.1 Å². The van der Waals surface area contributed by atoms with Crippen LogP contribution in [0.25, 0.3) is 0 Å². The van der Waals surface area contributed by atoms with E-state index in [1.54, 1.807) is 6.92 Å². The number of hydrogen-bond donors (Lipinski definition) is 2. The van der Waals surface area contributed by atoms with Crippen molar-refractivity contribution in [3.8, 4) is 0 Å². The molecule has 0 spiro atoms. The highest BCUT2D eigenvalue weighted by molar-refractivity contribution is 5.70. The highest BCUT2D eigenvalue weighted by atomic mass is 16.4. The number of carboxylic acid groups (broad SMARTS) is 3. The van der Waals surface area contributed by atoms with E-state index in [2.05, 4.69) is 19.1 Å². The first-order chi connectivity index (χ1) is 20.2. The van der Waals surface area contributed by atoms with Gasteiger partial charge in [-0.2, -0.15) is 0 Å². The van der Waals surface area contributed by atoms with Gasteiger partial charge in [-0.05, 0) is 51.4 Å². The lowest BCUT2D eigenvalue weighted by molar-refractivity contribution is -0.935. The van der Waals surface area contributed by atoms with E-state index in [0.717, 1.165) is 25.7 Å². The van der Waals surface area contributed by atoms with Crippen molar-refractivity contribution in [1.82, 2.24) is 0 Å². The number of nitrogens with zero attached hydrogens (tertiary/aromatic N) is 1. The van der Waals surface area contributed by atoms with Crippen molar-refractivity contribution >= 4 is 17.9 Å². The molecule has 2 N–H and O–H groups in total. The number of hydrogen-bond acceptors (Lipinski definition) is 4. The van der Waals surface area contributed by atoms with Gasteiger partial charge >= 0.3 is 11.9 Å². The lowest BCUT2D eigenvalue weighted by Crippen LogP contribution is -2.59. The quantitative estimate of drug-likeness (QED) is 0.0501. The molecule has 0 aromatic heterocycles. The van der Waals surface area contributed by atoms with Crippen LogP contribution in [0.5, 0.6) is 0 Å². The van der Waals surface area contributed by atoms with Gasteiger partial charge in [-0.1, -0.05) is 110 Å². The molecule has 246 valence electrons. The molecule has 3 atom stereocenters. The van der Waals surface area contributed by atoms with Gasteiger partial charge in [-0.3, -0.25) is 9.59 Å². The first-order valence-corrected chi connectivity index (χ1v) is 17.3. The standard InChI is InChI=1S/C35H65NO6/c1-5-9-10-11-12-13-14-15-16-17-18-19-20-21-22-23-24-25-26-36(27-30(6-2)33(37)38,28-31(7-3)34(39)40)29-32(8-4)35(41)42/h9-10,30-32H,5-8,11-29H2,1-4H3,(H2-,37,38,39,40,41,42)/b10-9+. The van der Waals surface area contributed by atoms with Crippen LogP contribution < -0.4 is 5.11 Å². The van der Waals surface area contributed by atoms with Crippen LogP contribution in [-0.2, 0) is 14.4 Å². The molecule has 0 aromatic carbocycles. The van der Waals surface area contributed by atoms with Crippen molar-refractivity contribution in [2.45, 2.75) is 150 Å². The molecular weight excluding hydrogens is 530 g/mol. The van der Waals surface area contributed by atoms with E-state index < -0.39 is 35.7 Å². The van der Waals surface area contributed by atoms with E-state index in [1.807, 2.05) is 13.8 Å². The zero-order valence-corrected chi connectivity index (χ0v) is 27.6. The van der Waals surface area contributed by atoms with Crippen molar-refractivity contribution in [2.24, 2.45) is 17.8 Å². The number of carboxylic acids is 3. The molecule has 0 aliphatic rings. The zero-order chi connectivity index (χ0) is 31.6. The number of rotatable bonds is 30. The summed E-state index contributed by atoms with van der Waals surface area (Å²) in [5.41, 5.74) is 0. The second-order valence-electron chi connectivity index (χ2n) is 12.5. The van der Waals surface area contributed by atoms with Crippen LogP contribution >= 0.6 is 0 Å². The van der Waals surface area contributed by atoms with Crippen LogP contribution in [0.4, 0.5) is 0 Å². The van der Waals surface area contributed by atoms with Gasteiger partial charge in [0.2, 0.25) is 0 Å². The molecule has 0 bridgehead atoms. The Morgan fingerprint density at radius 1 is 0.571 bits per heavy atom. The normalized spacial score (nSPS) is 15.3. The number of unbranched alkanes of at least 4 members (excludes halogenated alkanes) is 14. The van der Waals surface area contributed by atoms with Crippen molar-refractivity contribution in [2.75, 3.05) is 26.2 Å². The number of quaternary nitrogens is 1. The third kappa shape index (κ3) is 19.3. The maximum atomic E-state index is 12.0. The maximum absolute atomic E-state index is 12.0. The fourth-order valence-electron chi connectivity index (χ4n) is 6.15. The molecule has 7 nitrogen and oxygen atoms in total. The van der Waals surface area contributed by atoms with E-state index in [4.69, 9.17) is 0 Å². The van der Waals surface area contributed by atoms with Crippen LogP contribution in [0.3, 0.4) is 0 Å². The molecule has 0 rings (SSSR count). The SMILES string of the molecule is CC/C=C/CCCCCCCCCCCCCCCC[N+](CC(CC)C(=O)[O-])(CC(CC)C(=O)O)CC(CC)C(=O)O. The van der Waals surface area contributed by atoms with Gasteiger partial charge in [0, 0.05) is 5.92 Å². The molecule has 0 saturated carbocycles. The Labute approximate surface area is 257 Å². The Balaban J connectivity index is 4.67. The first kappa shape index (κ1) is 40.1. The summed E-state index contributed by atoms with van der Waals surface area (Å²) in [6.45, 7) is 8.98. The van der Waals surface area contributed by atoms with Gasteiger partial charge < -0.3 is 24.6 Å². The number of allylic oxidation sites excluding steroid dienone is 2. The fraction of sp³-hybridized carbons (Fsp3) is 0.857. The van der Waals surface area contributed by atoms with Crippen LogP contribution in [0.15, 0.2) is 12.2 Å². The van der Waals surface area contributed by atoms with Crippen LogP contribution in [0.1, 0.15) is 150 Å². The summed E-state index contributed by atoms with van der Waals surface area (Å²) < 4.78 is 0.220. The van der Waals surface area contributed by atoms with Gasteiger partial charge in [-0.25, -0.2) is 0 Å². The predicted octanol–water partition coefficient (Wildman–Crippen LogP) is 7.62. The predicted molar refractivity (Wildman–Crippen MR) is 170 cm³/mol. The number of carbonyl (C=O) groups is 3. The molecule has 0 aromatic rings. The summed E-state index contributed by atoms with van der Waals surface area (Å²) in [6.07, 6.45) is 25.4. The van der Waals surface area contributed by atoms with E-state index in [-0.39, 0.29) is 24.1 Å². The Morgan fingerprint density at radius 3 is 1.26 bits per heavy atom. The molecule has 0 aliphatic heterocycles. The van der Waals surface area contributed by atoms with Crippen molar-refractivity contribution in [3.05, 3.63) is 12.2 Å². The fourth-order valence-corrected chi connectivity index (χ4v) is 6.15. The lowest BCUT2D eigenvalue weighted by atomic mass is 9.95. The number of aliphatic carboxylic acids is 3. The summed E-state index contributed by atoms with van der Waals surface area (Å²) >= 11 is 0. The Hall–Kier alpha value is -1.89. The average Bonchev–Trinajstić information content (AvgIpc) is 2.96. The van der Waals surface area contributed by atoms with Crippen LogP contribution in [0.2, 0.25) is 0 Å². The molecule has 0 aliphatic carbocycles. The van der Waals surface area contributed by atoms with Gasteiger partial charge in [0.15, 0.2) is 0 Å². The summed E-state index contributed by atoms with van der Waals surface area (Å²) in [5.74, 6) is -4.94. The Bertz CT molecular complexity index is 677. The van der Waals surface area contributed by atoms with Gasteiger partial charge in [-0.15, -0.1) is 0 Å². The molecule has 0 saturated heterocycles. The smallest absolute Gasteiger partial charge is 0.312 e. The second kappa shape index (κ2) is 25.6. The van der Waals surface area contributed by atoms with Crippen LogP contribution in [-0.4, -0.2) is 58.8 Å². The minimum absolute atomic E-state index is 0.220. The Morgan fingerprint density at radius 2 is 0.929 bits per heavy atom. The summed E-state index contributed by atoms with van der Waals surface area (Å²) in [6, 6.07) is 0. The summed E-state index contributed by atoms with van der Waals surface area (Å²) in [5, 5.41) is 31.5. The summed E-state index contributed by atoms with van der Waals surface area (Å²) in [7, 11) is 0. The molecule has 3 unspecified atom stereocenters. The molecule has 42 heavy (non-hydrogen) atoms. The van der Waals surface area contributed by atoms with Crippen LogP contribution in [0, 0.1) is 17.8 Å². The highest BCUT2D eigenvalue weighted by Gasteiger charge is 2.39. The molecule has 0 heterocycles. The maximum Gasteiger partial charge on any atom is 0.312 e. The number of carbonyl (C=O) groups excluding carboxylic acids is 1. The molecule has 7 heteroatoms. The topological polar surface area (TPSA) is 115 Å². The van der Waals surface area contributed by atoms with Gasteiger partial charge in [0.1, 0.15) is 11.8 Å². The van der Waals surface area contributed by atoms with E-state index in [1.165, 1.54) is 77.0 Å². The molecular formula is C35H65NO6. The molecule has 0 fully saturated rings. The van der Waals surface area contributed by atoms with E-state index >= 15 is 0 Å². The second-order valence-corrected chi connectivity index (χ2v) is 12.5.